The molecule has 8 heteroatoms. The summed E-state index contributed by atoms with van der Waals surface area (Å²) < 4.78 is 2.11. The number of aromatic nitrogens is 2. The molecule has 2 amide bonds. The van der Waals surface area contributed by atoms with Crippen LogP contribution >= 0.6 is 0 Å². The highest BCUT2D eigenvalue weighted by Gasteiger charge is 2.24. The fourth-order valence-electron chi connectivity index (χ4n) is 6.46. The number of benzene rings is 4. The molecule has 252 valence electrons. The predicted octanol–water partition coefficient (Wildman–Crippen LogP) is 6.89. The summed E-state index contributed by atoms with van der Waals surface area (Å²) in [7, 11) is 2.03. The highest BCUT2D eigenvalue weighted by atomic mass is 16.2. The molecule has 1 aromatic heterocycles. The molecule has 4 aromatic carbocycles. The third kappa shape index (κ3) is 8.88. The van der Waals surface area contributed by atoms with Crippen molar-refractivity contribution in [2.45, 2.75) is 71.6 Å². The first-order chi connectivity index (χ1) is 23.4. The van der Waals surface area contributed by atoms with E-state index in [0.717, 1.165) is 77.7 Å². The minimum atomic E-state index is -0.644. The predicted molar refractivity (Wildman–Crippen MR) is 196 cm³/mol. The lowest BCUT2D eigenvalue weighted by Gasteiger charge is -2.25. The molecule has 2 atom stereocenters. The highest BCUT2D eigenvalue weighted by Crippen LogP contribution is 2.24. The van der Waals surface area contributed by atoms with E-state index in [4.69, 9.17) is 4.98 Å². The zero-order valence-corrected chi connectivity index (χ0v) is 28.8. The number of fused-ring (bicyclic) bond motifs is 2. The van der Waals surface area contributed by atoms with Gasteiger partial charge in [0.2, 0.25) is 5.91 Å². The van der Waals surface area contributed by atoms with Gasteiger partial charge < -0.3 is 25.4 Å². The summed E-state index contributed by atoms with van der Waals surface area (Å²) in [5.74, 6) is 0.564. The smallest absolute Gasteiger partial charge is 0.251 e. The first-order valence-electron chi connectivity index (χ1n) is 17.4. The Labute approximate surface area is 284 Å². The average molecular weight is 647 g/mol. The van der Waals surface area contributed by atoms with Gasteiger partial charge in [0.1, 0.15) is 11.9 Å². The summed E-state index contributed by atoms with van der Waals surface area (Å²) in [5.41, 5.74) is 4.76. The van der Waals surface area contributed by atoms with Crippen molar-refractivity contribution < 1.29 is 9.59 Å². The summed E-state index contributed by atoms with van der Waals surface area (Å²) >= 11 is 0. The summed E-state index contributed by atoms with van der Waals surface area (Å²) in [4.78, 5) is 34.4. The van der Waals surface area contributed by atoms with Gasteiger partial charge in [0.15, 0.2) is 0 Å². The fourth-order valence-corrected chi connectivity index (χ4v) is 6.46. The van der Waals surface area contributed by atoms with Crippen LogP contribution in [0.25, 0.3) is 21.8 Å². The van der Waals surface area contributed by atoms with Gasteiger partial charge in [-0.1, -0.05) is 80.6 Å². The maximum Gasteiger partial charge on any atom is 0.251 e. The third-order valence-corrected chi connectivity index (χ3v) is 9.03. The second kappa shape index (κ2) is 17.0. The number of hydrogen-bond donors (Lipinski definition) is 3. The Kier molecular flexibility index (Phi) is 12.4. The van der Waals surface area contributed by atoms with Gasteiger partial charge in [0.05, 0.1) is 23.6 Å². The molecule has 5 rings (SSSR count). The monoisotopic (exact) mass is 646 g/mol. The van der Waals surface area contributed by atoms with Gasteiger partial charge in [0, 0.05) is 19.2 Å². The van der Waals surface area contributed by atoms with Gasteiger partial charge in [-0.2, -0.15) is 0 Å². The van der Waals surface area contributed by atoms with E-state index < -0.39 is 6.04 Å². The maximum atomic E-state index is 13.8. The Morgan fingerprint density at radius 2 is 1.52 bits per heavy atom. The number of amides is 2. The van der Waals surface area contributed by atoms with Crippen molar-refractivity contribution in [3.8, 4) is 0 Å². The number of imidazole rings is 1. The number of carbonyl (C=O) groups is 2. The minimum Gasteiger partial charge on any atom is -0.348 e. The van der Waals surface area contributed by atoms with Crippen LogP contribution in [0.3, 0.4) is 0 Å². The molecule has 0 spiro atoms. The zero-order chi connectivity index (χ0) is 33.9. The second-order valence-electron chi connectivity index (χ2n) is 12.7. The topological polar surface area (TPSA) is 91.3 Å². The zero-order valence-electron chi connectivity index (χ0n) is 28.8. The number of aryl methyl sites for hydroxylation is 1. The molecular weight excluding hydrogens is 596 g/mol. The maximum absolute atomic E-state index is 13.8. The first kappa shape index (κ1) is 34.8. The van der Waals surface area contributed by atoms with Crippen molar-refractivity contribution >= 4 is 33.6 Å². The molecule has 0 unspecified atom stereocenters. The Morgan fingerprint density at radius 3 is 2.27 bits per heavy atom. The Morgan fingerprint density at radius 1 is 0.812 bits per heavy atom. The Bertz CT molecular complexity index is 1790. The molecule has 0 aliphatic rings. The van der Waals surface area contributed by atoms with Gasteiger partial charge in [-0.15, -0.1) is 0 Å². The normalized spacial score (nSPS) is 12.8. The van der Waals surface area contributed by atoms with E-state index in [1.807, 2.05) is 74.6 Å². The molecule has 8 nitrogen and oxygen atoms in total. The van der Waals surface area contributed by atoms with E-state index in [1.54, 1.807) is 0 Å². The van der Waals surface area contributed by atoms with Crippen molar-refractivity contribution in [1.29, 1.82) is 0 Å². The summed E-state index contributed by atoms with van der Waals surface area (Å²) in [6, 6.07) is 29.2. The second-order valence-corrected chi connectivity index (χ2v) is 12.7. The van der Waals surface area contributed by atoms with E-state index in [9.17, 15) is 9.59 Å². The van der Waals surface area contributed by atoms with E-state index >= 15 is 0 Å². The summed E-state index contributed by atoms with van der Waals surface area (Å²) in [6.45, 7) is 10.6. The minimum absolute atomic E-state index is 0.163. The number of para-hydroxylation sites is 2. The van der Waals surface area contributed by atoms with Gasteiger partial charge in [-0.3, -0.25) is 9.59 Å². The van der Waals surface area contributed by atoms with Gasteiger partial charge >= 0.3 is 0 Å². The molecule has 3 N–H and O–H groups in total. The molecule has 1 heterocycles. The third-order valence-electron chi connectivity index (χ3n) is 9.03. The van der Waals surface area contributed by atoms with Crippen LogP contribution in [0.4, 0.5) is 0 Å². The lowest BCUT2D eigenvalue weighted by atomic mass is 9.99. The van der Waals surface area contributed by atoms with Crippen LogP contribution in [-0.4, -0.2) is 51.9 Å². The number of nitrogens with zero attached hydrogens (tertiary/aromatic N) is 3. The standard InChI is InChI=1S/C40H50N6O2/c1-5-24-46(25-6-2)26-12-18-36(40(48)42-29(3)33-16-11-14-31-13-7-8-15-34(31)33)44-39(47)32-22-20-30(21-23-32)27-41-28-38-43-35-17-9-10-19-37(35)45(38)4/h7-11,13-17,19-23,29,36,41H,5-6,12,18,24-28H2,1-4H3,(H,42,48)(H,44,47)/t29-,36-/m0/s1. The number of rotatable bonds is 17. The largest absolute Gasteiger partial charge is 0.348 e. The van der Waals surface area contributed by atoms with E-state index in [1.165, 1.54) is 0 Å². The fraction of sp³-hybridized carbons (Fsp3) is 0.375. The molecule has 0 bridgehead atoms. The molecular formula is C40H50N6O2. The average Bonchev–Trinajstić information content (AvgIpc) is 3.42. The molecule has 0 aliphatic heterocycles. The van der Waals surface area contributed by atoms with Crippen molar-refractivity contribution in [3.05, 3.63) is 114 Å². The van der Waals surface area contributed by atoms with Crippen molar-refractivity contribution in [2.24, 2.45) is 7.05 Å². The van der Waals surface area contributed by atoms with Crippen LogP contribution in [0.2, 0.25) is 0 Å². The van der Waals surface area contributed by atoms with Crippen molar-refractivity contribution in [1.82, 2.24) is 30.4 Å². The van der Waals surface area contributed by atoms with Crippen LogP contribution < -0.4 is 16.0 Å². The molecule has 0 aliphatic carbocycles. The van der Waals surface area contributed by atoms with Gasteiger partial charge in [-0.05, 0) is 98.4 Å². The lowest BCUT2D eigenvalue weighted by Crippen LogP contribution is -2.47. The molecule has 0 radical (unpaired) electrons. The first-order valence-corrected chi connectivity index (χ1v) is 17.4. The summed E-state index contributed by atoms with van der Waals surface area (Å²) in [6.07, 6.45) is 3.56. The van der Waals surface area contributed by atoms with Gasteiger partial charge in [-0.25, -0.2) is 4.98 Å². The molecule has 0 fully saturated rings. The Balaban J connectivity index is 1.22. The van der Waals surface area contributed by atoms with E-state index in [-0.39, 0.29) is 17.9 Å². The van der Waals surface area contributed by atoms with E-state index in [2.05, 4.69) is 69.6 Å². The summed E-state index contributed by atoms with van der Waals surface area (Å²) in [5, 5.41) is 12.0. The highest BCUT2D eigenvalue weighted by molar-refractivity contribution is 5.97. The van der Waals surface area contributed by atoms with Crippen molar-refractivity contribution in [2.75, 3.05) is 19.6 Å². The lowest BCUT2D eigenvalue weighted by molar-refractivity contribution is -0.123. The quantitative estimate of drug-likeness (QED) is 0.102. The number of carbonyl (C=O) groups excluding carboxylic acids is 2. The van der Waals surface area contributed by atoms with Crippen LogP contribution in [0, 0.1) is 0 Å². The van der Waals surface area contributed by atoms with Crippen molar-refractivity contribution in [3.63, 3.8) is 0 Å². The van der Waals surface area contributed by atoms with Crippen LogP contribution in [0.1, 0.15) is 79.8 Å². The van der Waals surface area contributed by atoms with Crippen LogP contribution in [-0.2, 0) is 24.9 Å². The molecule has 48 heavy (non-hydrogen) atoms. The SMILES string of the molecule is CCCN(CCC)CCC[C@H](NC(=O)c1ccc(CNCc2nc3ccccc3n2C)cc1)C(=O)N[C@@H](C)c1cccc2ccccc12. The van der Waals surface area contributed by atoms with Crippen LogP contribution in [0.15, 0.2) is 91.0 Å². The van der Waals surface area contributed by atoms with E-state index in [0.29, 0.717) is 25.1 Å². The number of nitrogens with one attached hydrogen (secondary N) is 3. The molecule has 5 aromatic rings. The van der Waals surface area contributed by atoms with Crippen LogP contribution in [0.5, 0.6) is 0 Å². The van der Waals surface area contributed by atoms with Gasteiger partial charge in [0.25, 0.3) is 5.91 Å². The molecule has 0 saturated carbocycles. The Hall–Kier alpha value is -4.53. The number of hydrogen-bond acceptors (Lipinski definition) is 5. The molecule has 0 saturated heterocycles.